The lowest BCUT2D eigenvalue weighted by atomic mass is 10.7. The van der Waals surface area contributed by atoms with Crippen LogP contribution in [0.25, 0.3) is 0 Å². The topological polar surface area (TPSA) is 26.0 Å². The molecule has 0 unspecified atom stereocenters. The molecule has 0 saturated heterocycles. The predicted octanol–water partition coefficient (Wildman–Crippen LogP) is 2.14. The second-order valence-electron chi connectivity index (χ2n) is 3.16. The molecule has 0 heterocycles. The average Bonchev–Trinajstić information content (AvgIpc) is 1.62. The van der Waals surface area contributed by atoms with Crippen molar-refractivity contribution in [1.82, 2.24) is 0 Å². The summed E-state index contributed by atoms with van der Waals surface area (Å²) in [6, 6.07) is 0. The van der Waals surface area contributed by atoms with Gasteiger partial charge in [-0.2, -0.15) is 0 Å². The van der Waals surface area contributed by atoms with Crippen LogP contribution in [0, 0.1) is 0 Å². The van der Waals surface area contributed by atoms with Gasteiger partial charge in [0.05, 0.1) is 8.07 Å². The Morgan fingerprint density at radius 1 is 1.56 bits per heavy atom. The van der Waals surface area contributed by atoms with Gasteiger partial charge in [-0.15, -0.1) is 0 Å². The van der Waals surface area contributed by atoms with E-state index in [0.717, 1.165) is 0 Å². The fourth-order valence-corrected chi connectivity index (χ4v) is 4.39. The summed E-state index contributed by atoms with van der Waals surface area (Å²) in [5.74, 6) is 0. The van der Waals surface area contributed by atoms with Crippen LogP contribution >= 0.6 is 22.6 Å². The minimum absolute atomic E-state index is 0.699. The third-order valence-corrected chi connectivity index (χ3v) is 3.34. The molecule has 0 aliphatic heterocycles. The van der Waals surface area contributed by atoms with Crippen LogP contribution in [0.1, 0.15) is 0 Å². The molecule has 9 heavy (non-hydrogen) atoms. The Bertz CT molecular complexity index is 115. The van der Waals surface area contributed by atoms with E-state index in [4.69, 9.17) is 5.73 Å². The van der Waals surface area contributed by atoms with Crippen LogP contribution in [-0.4, -0.2) is 14.6 Å². The van der Waals surface area contributed by atoms with Gasteiger partial charge in [-0.05, 0) is 26.2 Å². The van der Waals surface area contributed by atoms with Crippen LogP contribution in [0.4, 0.5) is 0 Å². The zero-order valence-corrected chi connectivity index (χ0v) is 9.40. The Morgan fingerprint density at radius 2 is 2.00 bits per heavy atom. The first-order valence-electron chi connectivity index (χ1n) is 3.03. The van der Waals surface area contributed by atoms with Gasteiger partial charge in [0.25, 0.3) is 0 Å². The molecule has 0 spiro atoms. The molecule has 0 aromatic rings. The molecular formula is C6H14INSi. The first kappa shape index (κ1) is 9.65. The average molecular weight is 255 g/mol. The Kier molecular flexibility index (Phi) is 4.00. The maximum absolute atomic E-state index is 5.43. The monoisotopic (exact) mass is 255 g/mol. The van der Waals surface area contributed by atoms with Crippen LogP contribution in [-0.2, 0) is 0 Å². The zero-order valence-electron chi connectivity index (χ0n) is 6.24. The molecule has 0 amide bonds. The van der Waals surface area contributed by atoms with Crippen LogP contribution in [0.5, 0.6) is 0 Å². The van der Waals surface area contributed by atoms with Crippen LogP contribution in [0.2, 0.25) is 19.6 Å². The lowest BCUT2D eigenvalue weighted by Gasteiger charge is -2.09. The van der Waals surface area contributed by atoms with E-state index in [1.165, 1.54) is 3.58 Å². The van der Waals surface area contributed by atoms with Crippen LogP contribution in [0.15, 0.2) is 9.28 Å². The van der Waals surface area contributed by atoms with Gasteiger partial charge in [0.1, 0.15) is 0 Å². The van der Waals surface area contributed by atoms with E-state index >= 15 is 0 Å². The lowest BCUT2D eigenvalue weighted by molar-refractivity contribution is 1.25. The molecule has 0 aromatic heterocycles. The molecule has 2 N–H and O–H groups in total. The highest BCUT2D eigenvalue weighted by Gasteiger charge is 2.08. The standard InChI is InChI=1S/C6H14INSi/c1-9(2,3)5-6(7)4-8/h5H,4,8H2,1-3H3/b6-5-. The fourth-order valence-electron chi connectivity index (χ4n) is 0.529. The van der Waals surface area contributed by atoms with Crippen molar-refractivity contribution in [2.75, 3.05) is 6.54 Å². The van der Waals surface area contributed by atoms with Gasteiger partial charge >= 0.3 is 0 Å². The maximum atomic E-state index is 5.43. The van der Waals surface area contributed by atoms with E-state index in [2.05, 4.69) is 47.9 Å². The molecule has 0 atom stereocenters. The summed E-state index contributed by atoms with van der Waals surface area (Å²) in [6.07, 6.45) is 0. The maximum Gasteiger partial charge on any atom is 0.0697 e. The SMILES string of the molecule is C[Si](C)(C)/C=C(\I)CN. The Morgan fingerprint density at radius 3 is 2.11 bits per heavy atom. The molecule has 1 nitrogen and oxygen atoms in total. The zero-order chi connectivity index (χ0) is 7.49. The summed E-state index contributed by atoms with van der Waals surface area (Å²) in [7, 11) is -0.991. The highest BCUT2D eigenvalue weighted by atomic mass is 127. The van der Waals surface area contributed by atoms with E-state index in [9.17, 15) is 0 Å². The second kappa shape index (κ2) is 3.73. The molecule has 0 aromatic carbocycles. The van der Waals surface area contributed by atoms with E-state index in [0.29, 0.717) is 6.54 Å². The van der Waals surface area contributed by atoms with Crippen LogP contribution in [0.3, 0.4) is 0 Å². The van der Waals surface area contributed by atoms with E-state index in [1.807, 2.05) is 0 Å². The molecule has 0 aliphatic carbocycles. The van der Waals surface area contributed by atoms with Crippen molar-refractivity contribution in [2.45, 2.75) is 19.6 Å². The molecule has 0 aliphatic rings. The van der Waals surface area contributed by atoms with Crippen LogP contribution < -0.4 is 5.73 Å². The first-order chi connectivity index (χ1) is 3.95. The Balaban J connectivity index is 3.95. The molecule has 54 valence electrons. The number of nitrogens with two attached hydrogens (primary N) is 1. The third kappa shape index (κ3) is 6.53. The lowest BCUT2D eigenvalue weighted by Crippen LogP contribution is -2.17. The normalized spacial score (nSPS) is 14.1. The summed E-state index contributed by atoms with van der Waals surface area (Å²) >= 11 is 2.30. The molecule has 0 saturated carbocycles. The number of rotatable bonds is 2. The largest absolute Gasteiger partial charge is 0.326 e. The van der Waals surface area contributed by atoms with Crippen molar-refractivity contribution in [3.63, 3.8) is 0 Å². The van der Waals surface area contributed by atoms with Gasteiger partial charge in [-0.1, -0.05) is 25.3 Å². The van der Waals surface area contributed by atoms with Gasteiger partial charge in [-0.3, -0.25) is 0 Å². The van der Waals surface area contributed by atoms with E-state index < -0.39 is 8.07 Å². The van der Waals surface area contributed by atoms with Gasteiger partial charge in [-0.25, -0.2) is 0 Å². The third-order valence-electron chi connectivity index (χ3n) is 0.785. The summed E-state index contributed by atoms with van der Waals surface area (Å²) in [5.41, 5.74) is 7.75. The fraction of sp³-hybridized carbons (Fsp3) is 0.667. The van der Waals surface area contributed by atoms with Crippen molar-refractivity contribution >= 4 is 30.7 Å². The summed E-state index contributed by atoms with van der Waals surface area (Å²) < 4.78 is 1.30. The van der Waals surface area contributed by atoms with Gasteiger partial charge < -0.3 is 5.73 Å². The quantitative estimate of drug-likeness (QED) is 0.593. The smallest absolute Gasteiger partial charge is 0.0697 e. The van der Waals surface area contributed by atoms with Gasteiger partial charge in [0.15, 0.2) is 0 Å². The molecule has 3 heteroatoms. The summed E-state index contributed by atoms with van der Waals surface area (Å²) in [5, 5.41) is 0. The van der Waals surface area contributed by atoms with Gasteiger partial charge in [0, 0.05) is 6.54 Å². The van der Waals surface area contributed by atoms with Crippen molar-refractivity contribution in [2.24, 2.45) is 5.73 Å². The minimum atomic E-state index is -0.991. The Labute approximate surface area is 71.9 Å². The highest BCUT2D eigenvalue weighted by Crippen LogP contribution is 2.10. The van der Waals surface area contributed by atoms with Crippen molar-refractivity contribution in [3.05, 3.63) is 9.28 Å². The molecular weight excluding hydrogens is 241 g/mol. The van der Waals surface area contributed by atoms with Crippen molar-refractivity contribution in [3.8, 4) is 0 Å². The summed E-state index contributed by atoms with van der Waals surface area (Å²) in [4.78, 5) is 0. The second-order valence-corrected chi connectivity index (χ2v) is 9.57. The molecule has 0 bridgehead atoms. The van der Waals surface area contributed by atoms with Crippen molar-refractivity contribution < 1.29 is 0 Å². The van der Waals surface area contributed by atoms with E-state index in [-0.39, 0.29) is 0 Å². The van der Waals surface area contributed by atoms with Gasteiger partial charge in [0.2, 0.25) is 0 Å². The minimum Gasteiger partial charge on any atom is -0.326 e. The van der Waals surface area contributed by atoms with E-state index in [1.54, 1.807) is 0 Å². The number of hydrogen-bond acceptors (Lipinski definition) is 1. The summed E-state index contributed by atoms with van der Waals surface area (Å²) in [6.45, 7) is 7.62. The molecule has 0 radical (unpaired) electrons. The number of hydrogen-bond donors (Lipinski definition) is 1. The predicted molar refractivity (Wildman–Crippen MR) is 54.5 cm³/mol. The first-order valence-corrected chi connectivity index (χ1v) is 7.68. The van der Waals surface area contributed by atoms with Crippen molar-refractivity contribution in [1.29, 1.82) is 0 Å². The molecule has 0 fully saturated rings. The number of halogens is 1. The highest BCUT2D eigenvalue weighted by molar-refractivity contribution is 14.1. The molecule has 0 rings (SSSR count). The Hall–Kier alpha value is 0.647.